The topological polar surface area (TPSA) is 99.1 Å². The summed E-state index contributed by atoms with van der Waals surface area (Å²) < 4.78 is 0. The molecule has 0 spiro atoms. The smallest absolute Gasteiger partial charge is 0.408 e. The number of hydrogen-bond acceptors (Lipinski definition) is 4. The van der Waals surface area contributed by atoms with Crippen molar-refractivity contribution >= 4 is 12.1 Å². The van der Waals surface area contributed by atoms with Gasteiger partial charge in [0, 0.05) is 6.54 Å². The van der Waals surface area contributed by atoms with Gasteiger partial charge in [0.05, 0.1) is 12.6 Å². The van der Waals surface area contributed by atoms with Crippen LogP contribution in [0.2, 0.25) is 0 Å². The molecule has 7 nitrogen and oxygen atoms in total. The highest BCUT2D eigenvalue weighted by Gasteiger charge is 2.39. The van der Waals surface area contributed by atoms with Crippen LogP contribution < -0.4 is 5.48 Å². The fraction of sp³-hybridized carbons (Fsp3) is 0.556. The van der Waals surface area contributed by atoms with Gasteiger partial charge >= 0.3 is 12.1 Å². The second kappa shape index (κ2) is 5.47. The van der Waals surface area contributed by atoms with Crippen molar-refractivity contribution in [1.82, 2.24) is 10.4 Å². The van der Waals surface area contributed by atoms with Crippen molar-refractivity contribution < 1.29 is 24.6 Å². The van der Waals surface area contributed by atoms with Crippen molar-refractivity contribution in [2.24, 2.45) is 0 Å². The van der Waals surface area contributed by atoms with E-state index in [0.717, 1.165) is 4.90 Å². The molecule has 0 aromatic heterocycles. The molecule has 0 aromatic carbocycles. The molecule has 1 amide bonds. The lowest BCUT2D eigenvalue weighted by atomic mass is 10.2. The second-order valence-corrected chi connectivity index (χ2v) is 3.44. The molecule has 1 aliphatic heterocycles. The molecule has 1 aliphatic rings. The zero-order valence-corrected chi connectivity index (χ0v) is 8.63. The molecule has 1 heterocycles. The molecule has 0 aliphatic carbocycles. The van der Waals surface area contributed by atoms with E-state index in [1.807, 2.05) is 0 Å². The van der Waals surface area contributed by atoms with Gasteiger partial charge in [-0.1, -0.05) is 6.08 Å². The summed E-state index contributed by atoms with van der Waals surface area (Å²) in [5.74, 6) is -1.14. The van der Waals surface area contributed by atoms with Gasteiger partial charge in [-0.3, -0.25) is 9.74 Å². The third kappa shape index (κ3) is 2.94. The molecule has 0 unspecified atom stereocenters. The number of aliphatic carboxylic acids is 1. The SMILES string of the molecule is C=CCON[C@@H]1C[C@@H](C(=O)O)N(C(=O)O)C1. The molecule has 3 N–H and O–H groups in total. The number of carboxylic acids is 1. The monoisotopic (exact) mass is 230 g/mol. The van der Waals surface area contributed by atoms with Crippen LogP contribution in [0.1, 0.15) is 6.42 Å². The third-order valence-electron chi connectivity index (χ3n) is 2.28. The minimum atomic E-state index is -1.24. The highest BCUT2D eigenvalue weighted by atomic mass is 16.6. The lowest BCUT2D eigenvalue weighted by Crippen LogP contribution is -2.40. The number of rotatable bonds is 5. The van der Waals surface area contributed by atoms with Crippen LogP contribution >= 0.6 is 0 Å². The van der Waals surface area contributed by atoms with Gasteiger partial charge in [0.2, 0.25) is 0 Å². The van der Waals surface area contributed by atoms with E-state index in [1.54, 1.807) is 0 Å². The maximum Gasteiger partial charge on any atom is 0.408 e. The molecule has 90 valence electrons. The standard InChI is InChI=1S/C9H14N2O5/c1-2-3-16-10-6-4-7(8(12)13)11(5-6)9(14)15/h2,6-7,10H,1,3-5H2,(H,12,13)(H,14,15)/t6-,7+/m1/s1. The Hall–Kier alpha value is -1.60. The molecule has 16 heavy (non-hydrogen) atoms. The Bertz CT molecular complexity index is 272. The maximum atomic E-state index is 10.8. The van der Waals surface area contributed by atoms with Crippen molar-refractivity contribution in [3.63, 3.8) is 0 Å². The Morgan fingerprint density at radius 1 is 1.56 bits per heavy atom. The highest BCUT2D eigenvalue weighted by molar-refractivity contribution is 5.80. The number of nitrogens with one attached hydrogen (secondary N) is 1. The third-order valence-corrected chi connectivity index (χ3v) is 2.28. The highest BCUT2D eigenvalue weighted by Crippen LogP contribution is 2.18. The summed E-state index contributed by atoms with van der Waals surface area (Å²) in [6, 6.07) is -1.32. The van der Waals surface area contributed by atoms with Gasteiger partial charge in [0.1, 0.15) is 6.04 Å². The van der Waals surface area contributed by atoms with Crippen LogP contribution in [0.3, 0.4) is 0 Å². The maximum absolute atomic E-state index is 10.8. The number of hydrogen-bond donors (Lipinski definition) is 3. The summed E-state index contributed by atoms with van der Waals surface area (Å²) >= 11 is 0. The lowest BCUT2D eigenvalue weighted by molar-refractivity contribution is -0.141. The molecule has 1 saturated heterocycles. The first-order valence-electron chi connectivity index (χ1n) is 4.76. The molecule has 0 radical (unpaired) electrons. The predicted molar refractivity (Wildman–Crippen MR) is 53.8 cm³/mol. The van der Waals surface area contributed by atoms with Crippen LogP contribution in [0.4, 0.5) is 4.79 Å². The number of carboxylic acid groups (broad SMARTS) is 2. The van der Waals surface area contributed by atoms with E-state index in [9.17, 15) is 9.59 Å². The van der Waals surface area contributed by atoms with Crippen LogP contribution in [0, 0.1) is 0 Å². The molecule has 2 atom stereocenters. The number of likely N-dealkylation sites (tertiary alicyclic amines) is 1. The van der Waals surface area contributed by atoms with Crippen LogP contribution in [0.15, 0.2) is 12.7 Å². The first-order valence-corrected chi connectivity index (χ1v) is 4.76. The molecule has 1 rings (SSSR count). The van der Waals surface area contributed by atoms with E-state index in [-0.39, 0.29) is 25.6 Å². The normalized spacial score (nSPS) is 24.4. The summed E-state index contributed by atoms with van der Waals surface area (Å²) in [7, 11) is 0. The predicted octanol–water partition coefficient (Wildman–Crippen LogP) is -0.101. The van der Waals surface area contributed by atoms with Crippen LogP contribution in [0.25, 0.3) is 0 Å². The van der Waals surface area contributed by atoms with Crippen LogP contribution in [0.5, 0.6) is 0 Å². The van der Waals surface area contributed by atoms with Gasteiger partial charge in [-0.25, -0.2) is 9.59 Å². The van der Waals surface area contributed by atoms with Gasteiger partial charge in [-0.15, -0.1) is 6.58 Å². The second-order valence-electron chi connectivity index (χ2n) is 3.44. The van der Waals surface area contributed by atoms with E-state index in [4.69, 9.17) is 15.1 Å². The average molecular weight is 230 g/mol. The molecule has 1 fully saturated rings. The van der Waals surface area contributed by atoms with E-state index in [0.29, 0.717) is 0 Å². The van der Waals surface area contributed by atoms with Crippen LogP contribution in [-0.2, 0) is 9.63 Å². The Kier molecular flexibility index (Phi) is 4.27. The van der Waals surface area contributed by atoms with Crippen molar-refractivity contribution in [3.8, 4) is 0 Å². The van der Waals surface area contributed by atoms with E-state index in [2.05, 4.69) is 12.1 Å². The fourth-order valence-electron chi connectivity index (χ4n) is 1.59. The summed E-state index contributed by atoms with van der Waals surface area (Å²) in [5, 5.41) is 17.6. The summed E-state index contributed by atoms with van der Waals surface area (Å²) in [4.78, 5) is 27.4. The Balaban J connectivity index is 2.51. The zero-order chi connectivity index (χ0) is 12.1. The van der Waals surface area contributed by atoms with Crippen molar-refractivity contribution in [2.75, 3.05) is 13.2 Å². The molecular formula is C9H14N2O5. The number of nitrogens with zero attached hydrogens (tertiary/aromatic N) is 1. The van der Waals surface area contributed by atoms with Crippen LogP contribution in [-0.4, -0.2) is 52.4 Å². The quantitative estimate of drug-likeness (QED) is 0.346. The Morgan fingerprint density at radius 3 is 2.69 bits per heavy atom. The number of amides is 1. The minimum absolute atomic E-state index is 0.101. The van der Waals surface area contributed by atoms with Crippen molar-refractivity contribution in [2.45, 2.75) is 18.5 Å². The molecular weight excluding hydrogens is 216 g/mol. The largest absolute Gasteiger partial charge is 0.480 e. The molecule has 0 aromatic rings. The first-order chi connectivity index (χ1) is 7.56. The van der Waals surface area contributed by atoms with Gasteiger partial charge in [0.25, 0.3) is 0 Å². The van der Waals surface area contributed by atoms with Crippen molar-refractivity contribution in [3.05, 3.63) is 12.7 Å². The first kappa shape index (κ1) is 12.5. The Morgan fingerprint density at radius 2 is 2.25 bits per heavy atom. The number of hydroxylamine groups is 1. The minimum Gasteiger partial charge on any atom is -0.480 e. The van der Waals surface area contributed by atoms with E-state index < -0.39 is 18.1 Å². The number of carbonyl (C=O) groups is 2. The summed E-state index contributed by atoms with van der Waals surface area (Å²) in [6.07, 6.45) is 0.491. The molecule has 7 heteroatoms. The van der Waals surface area contributed by atoms with E-state index >= 15 is 0 Å². The molecule has 0 bridgehead atoms. The summed E-state index contributed by atoms with van der Waals surface area (Å²) in [5.41, 5.74) is 2.61. The van der Waals surface area contributed by atoms with Gasteiger partial charge < -0.3 is 10.2 Å². The average Bonchev–Trinajstić information content (AvgIpc) is 2.62. The zero-order valence-electron chi connectivity index (χ0n) is 8.63. The van der Waals surface area contributed by atoms with Gasteiger partial charge in [-0.05, 0) is 6.42 Å². The Labute approximate surface area is 92.3 Å². The molecule has 0 saturated carbocycles. The lowest BCUT2D eigenvalue weighted by Gasteiger charge is -2.16. The van der Waals surface area contributed by atoms with Gasteiger partial charge in [-0.2, -0.15) is 5.48 Å². The van der Waals surface area contributed by atoms with Crippen molar-refractivity contribution in [1.29, 1.82) is 0 Å². The van der Waals surface area contributed by atoms with E-state index in [1.165, 1.54) is 6.08 Å². The summed E-state index contributed by atoms with van der Waals surface area (Å²) in [6.45, 7) is 3.83. The van der Waals surface area contributed by atoms with Gasteiger partial charge in [0.15, 0.2) is 0 Å². The fourth-order valence-corrected chi connectivity index (χ4v) is 1.59.